The van der Waals surface area contributed by atoms with Crippen LogP contribution in [0.2, 0.25) is 0 Å². The molecule has 0 N–H and O–H groups in total. The van der Waals surface area contributed by atoms with Crippen molar-refractivity contribution in [1.29, 1.82) is 0 Å². The van der Waals surface area contributed by atoms with E-state index in [1.54, 1.807) is 7.11 Å². The molecular weight excluding hydrogens is 388 g/mol. The van der Waals surface area contributed by atoms with E-state index >= 15 is 0 Å². The summed E-state index contributed by atoms with van der Waals surface area (Å²) in [5, 5.41) is 0. The van der Waals surface area contributed by atoms with Crippen molar-refractivity contribution in [3.05, 3.63) is 65.7 Å². The second kappa shape index (κ2) is 6.11. The van der Waals surface area contributed by atoms with Gasteiger partial charge in [0.2, 0.25) is 5.91 Å². The van der Waals surface area contributed by atoms with Gasteiger partial charge in [-0.2, -0.15) is 0 Å². The Hall–Kier alpha value is -2.37. The van der Waals surface area contributed by atoms with Gasteiger partial charge < -0.3 is 14.4 Å². The normalized spacial score (nSPS) is 40.3. The highest BCUT2D eigenvalue weighted by Gasteiger charge is 2.83. The number of methoxy groups -OCH3 is 1. The molecule has 4 saturated heterocycles. The Balaban J connectivity index is 1.24. The largest absolute Gasteiger partial charge is 0.496 e. The molecule has 0 bridgehead atoms. The molecule has 5 nitrogen and oxygen atoms in total. The predicted molar refractivity (Wildman–Crippen MR) is 116 cm³/mol. The van der Waals surface area contributed by atoms with Crippen molar-refractivity contribution in [2.24, 2.45) is 5.92 Å². The minimum Gasteiger partial charge on any atom is -0.496 e. The summed E-state index contributed by atoms with van der Waals surface area (Å²) in [7, 11) is 1.77. The summed E-state index contributed by atoms with van der Waals surface area (Å²) >= 11 is 0. The molecule has 4 heterocycles. The van der Waals surface area contributed by atoms with E-state index in [0.717, 1.165) is 31.6 Å². The van der Waals surface area contributed by atoms with Crippen LogP contribution >= 0.6 is 0 Å². The number of piperidine rings is 2. The molecule has 0 aromatic heterocycles. The fourth-order valence-corrected chi connectivity index (χ4v) is 7.66. The smallest absolute Gasteiger partial charge is 0.227 e. The van der Waals surface area contributed by atoms with Crippen LogP contribution in [0.25, 0.3) is 0 Å². The van der Waals surface area contributed by atoms with E-state index in [9.17, 15) is 4.79 Å². The highest BCUT2D eigenvalue weighted by molar-refractivity contribution is 5.83. The highest BCUT2D eigenvalue weighted by Crippen LogP contribution is 2.73. The zero-order chi connectivity index (χ0) is 20.8. The fourth-order valence-electron chi connectivity index (χ4n) is 7.66. The maximum absolute atomic E-state index is 13.3. The number of fused-ring (bicyclic) bond motifs is 1. The minimum absolute atomic E-state index is 0.0442. The lowest BCUT2D eigenvalue weighted by molar-refractivity contribution is -0.142. The Bertz CT molecular complexity index is 1060. The summed E-state index contributed by atoms with van der Waals surface area (Å²) in [6.45, 7) is 1.65. The number of benzene rings is 2. The van der Waals surface area contributed by atoms with Gasteiger partial charge in [0.25, 0.3) is 0 Å². The van der Waals surface area contributed by atoms with Gasteiger partial charge in [0.05, 0.1) is 25.8 Å². The molecule has 2 spiro atoms. The summed E-state index contributed by atoms with van der Waals surface area (Å²) in [5.41, 5.74) is 2.29. The number of nitrogens with zero attached hydrogens (tertiary/aromatic N) is 2. The maximum atomic E-state index is 13.3. The molecular formula is C26H28N2O3. The third kappa shape index (κ3) is 2.16. The molecule has 1 aliphatic carbocycles. The van der Waals surface area contributed by atoms with E-state index in [-0.39, 0.29) is 23.5 Å². The molecule has 1 saturated carbocycles. The van der Waals surface area contributed by atoms with Crippen molar-refractivity contribution in [2.75, 3.05) is 20.3 Å². The zero-order valence-electron chi connectivity index (χ0n) is 17.9. The molecule has 1 amide bonds. The number of hydrogen-bond donors (Lipinski definition) is 0. The van der Waals surface area contributed by atoms with Gasteiger partial charge in [-0.3, -0.25) is 9.69 Å². The van der Waals surface area contributed by atoms with Crippen LogP contribution in [0.5, 0.6) is 5.75 Å². The summed E-state index contributed by atoms with van der Waals surface area (Å²) in [4.78, 5) is 18.1. The first kappa shape index (κ1) is 18.2. The number of rotatable bonds is 3. The first-order valence-corrected chi connectivity index (χ1v) is 11.6. The molecule has 6 atom stereocenters. The van der Waals surface area contributed by atoms with E-state index in [4.69, 9.17) is 9.47 Å². The highest BCUT2D eigenvalue weighted by atomic mass is 16.5. The van der Waals surface area contributed by atoms with Crippen LogP contribution in [0.4, 0.5) is 0 Å². The van der Waals surface area contributed by atoms with Crippen LogP contribution in [0.1, 0.15) is 48.8 Å². The molecule has 4 aliphatic heterocycles. The third-order valence-corrected chi connectivity index (χ3v) is 8.85. The van der Waals surface area contributed by atoms with Crippen molar-refractivity contribution in [3.63, 3.8) is 0 Å². The standard InChI is InChI=1S/C26H28N2O3/c1-30-21-10-6-5-9-19(21)18-11-12-27-23-13-24(29)28-20(17-7-3-2-4-8-17)16-31-26(23,28)22-15-25(22,27)14-18/h2-10,18,20,22-23H,11-16H2,1H3/t18?,20-,22?,23-,25?,26-/m1/s1. The summed E-state index contributed by atoms with van der Waals surface area (Å²) in [6.07, 6.45) is 3.98. The van der Waals surface area contributed by atoms with Crippen LogP contribution in [-0.2, 0) is 9.53 Å². The monoisotopic (exact) mass is 416 g/mol. The van der Waals surface area contributed by atoms with Gasteiger partial charge in [-0.05, 0) is 48.9 Å². The molecule has 3 unspecified atom stereocenters. The molecule has 5 aliphatic rings. The molecule has 2 aromatic rings. The van der Waals surface area contributed by atoms with E-state index in [1.807, 2.05) is 12.1 Å². The Morgan fingerprint density at radius 3 is 2.71 bits per heavy atom. The van der Waals surface area contributed by atoms with Crippen molar-refractivity contribution < 1.29 is 14.3 Å². The van der Waals surface area contributed by atoms with E-state index < -0.39 is 5.72 Å². The quantitative estimate of drug-likeness (QED) is 0.765. The Kier molecular flexibility index (Phi) is 3.59. The van der Waals surface area contributed by atoms with Gasteiger partial charge in [0.15, 0.2) is 5.72 Å². The lowest BCUT2D eigenvalue weighted by Gasteiger charge is -2.42. The first-order chi connectivity index (χ1) is 15.2. The number of hydrogen-bond acceptors (Lipinski definition) is 4. The number of carbonyl (C=O) groups excluding carboxylic acids is 1. The molecule has 31 heavy (non-hydrogen) atoms. The summed E-state index contributed by atoms with van der Waals surface area (Å²) in [5.74, 6) is 2.19. The fraction of sp³-hybridized carbons (Fsp3) is 0.500. The van der Waals surface area contributed by atoms with Crippen molar-refractivity contribution >= 4 is 5.91 Å². The lowest BCUT2D eigenvalue weighted by atomic mass is 9.83. The lowest BCUT2D eigenvalue weighted by Crippen LogP contribution is -2.53. The number of para-hydroxylation sites is 1. The number of carbonyl (C=O) groups is 1. The van der Waals surface area contributed by atoms with Gasteiger partial charge in [0.1, 0.15) is 5.75 Å². The Morgan fingerprint density at radius 1 is 1.06 bits per heavy atom. The zero-order valence-corrected chi connectivity index (χ0v) is 17.9. The molecule has 0 radical (unpaired) electrons. The summed E-state index contributed by atoms with van der Waals surface area (Å²) in [6, 6.07) is 19.2. The number of ether oxygens (including phenoxy) is 2. The topological polar surface area (TPSA) is 42.0 Å². The van der Waals surface area contributed by atoms with Gasteiger partial charge in [0, 0.05) is 17.9 Å². The minimum atomic E-state index is -0.423. The van der Waals surface area contributed by atoms with E-state index in [0.29, 0.717) is 24.9 Å². The van der Waals surface area contributed by atoms with E-state index in [1.165, 1.54) is 11.1 Å². The third-order valence-electron chi connectivity index (χ3n) is 8.85. The van der Waals surface area contributed by atoms with Crippen LogP contribution in [0, 0.1) is 5.92 Å². The van der Waals surface area contributed by atoms with Crippen LogP contribution in [0.15, 0.2) is 54.6 Å². The first-order valence-electron chi connectivity index (χ1n) is 11.6. The van der Waals surface area contributed by atoms with Crippen molar-refractivity contribution in [2.45, 2.75) is 54.9 Å². The molecule has 160 valence electrons. The molecule has 5 heteroatoms. The van der Waals surface area contributed by atoms with Gasteiger partial charge in [-0.25, -0.2) is 0 Å². The predicted octanol–water partition coefficient (Wildman–Crippen LogP) is 3.72. The second-order valence-corrected chi connectivity index (χ2v) is 9.96. The van der Waals surface area contributed by atoms with Crippen LogP contribution < -0.4 is 4.74 Å². The SMILES string of the molecule is COc1ccccc1C1CCN2[C@@H]3CC(=O)N4[C@@H](c5ccccc5)CO[C@]34C3CC32C1. The van der Waals surface area contributed by atoms with Crippen molar-refractivity contribution in [1.82, 2.24) is 9.80 Å². The number of amides is 1. The Labute approximate surface area is 182 Å². The average molecular weight is 417 g/mol. The summed E-state index contributed by atoms with van der Waals surface area (Å²) < 4.78 is 12.4. The van der Waals surface area contributed by atoms with Crippen molar-refractivity contribution in [3.8, 4) is 5.75 Å². The van der Waals surface area contributed by atoms with Gasteiger partial charge >= 0.3 is 0 Å². The second-order valence-electron chi connectivity index (χ2n) is 9.96. The van der Waals surface area contributed by atoms with Gasteiger partial charge in [-0.15, -0.1) is 0 Å². The maximum Gasteiger partial charge on any atom is 0.227 e. The van der Waals surface area contributed by atoms with Crippen LogP contribution in [-0.4, -0.2) is 53.3 Å². The molecule has 5 fully saturated rings. The average Bonchev–Trinajstić information content (AvgIpc) is 3.16. The Morgan fingerprint density at radius 2 is 1.87 bits per heavy atom. The van der Waals surface area contributed by atoms with Crippen LogP contribution in [0.3, 0.4) is 0 Å². The molecule has 7 rings (SSSR count). The van der Waals surface area contributed by atoms with Gasteiger partial charge in [-0.1, -0.05) is 48.5 Å². The van der Waals surface area contributed by atoms with E-state index in [2.05, 4.69) is 52.3 Å². The molecule has 2 aromatic carbocycles.